The van der Waals surface area contributed by atoms with E-state index in [9.17, 15) is 14.0 Å². The van der Waals surface area contributed by atoms with Crippen LogP contribution in [0.25, 0.3) is 0 Å². The Hall–Kier alpha value is 0.0974. The van der Waals surface area contributed by atoms with Crippen molar-refractivity contribution in [3.8, 4) is 0 Å². The number of carbonyl (C=O) groups is 2. The molecule has 0 spiro atoms. The summed E-state index contributed by atoms with van der Waals surface area (Å²) in [6.45, 7) is 0. The van der Waals surface area contributed by atoms with E-state index in [1.807, 2.05) is 0 Å². The van der Waals surface area contributed by atoms with Crippen molar-refractivity contribution in [1.82, 2.24) is 0 Å². The number of halogens is 1. The third-order valence-corrected chi connectivity index (χ3v) is 0.482. The van der Waals surface area contributed by atoms with Gasteiger partial charge in [-0.05, 0) is 0 Å². The van der Waals surface area contributed by atoms with E-state index in [4.69, 9.17) is 0 Å². The van der Waals surface area contributed by atoms with E-state index in [-0.39, 0.29) is 18.9 Å². The van der Waals surface area contributed by atoms with Crippen LogP contribution in [-0.4, -0.2) is 30.9 Å². The van der Waals surface area contributed by atoms with Crippen molar-refractivity contribution >= 4 is 40.3 Å². The Bertz CT molecular complexity index is 105. The van der Waals surface area contributed by atoms with Crippen LogP contribution in [0, 0.1) is 0 Å². The molecule has 0 amide bonds. The second-order valence-electron chi connectivity index (χ2n) is 0.679. The zero-order valence-corrected chi connectivity index (χ0v) is 4.33. The quantitative estimate of drug-likeness (QED) is 0.202. The molecule has 0 aliphatic carbocycles. The first kappa shape index (κ1) is 11.0. The van der Waals surface area contributed by atoms with Gasteiger partial charge in [-0.3, -0.25) is 0 Å². The molecule has 8 heavy (non-hydrogen) atoms. The van der Waals surface area contributed by atoms with Crippen molar-refractivity contribution < 1.29 is 18.5 Å². The van der Waals surface area contributed by atoms with Crippen molar-refractivity contribution in [3.05, 3.63) is 0 Å². The van der Waals surface area contributed by atoms with Crippen LogP contribution in [0.15, 0.2) is 0 Å². The molecule has 0 N–H and O–H groups in total. The zero-order valence-electron chi connectivity index (χ0n) is 3.18. The van der Waals surface area contributed by atoms with Gasteiger partial charge in [0.1, 0.15) is 0 Å². The number of carbonyl (C=O) groups excluding carboxylic acids is 2. The standard InChI is InChI=1S/C2H2FO3P.Li.H/c3-1(4)2(5)6-7;;/h7H2;;. The van der Waals surface area contributed by atoms with Crippen molar-refractivity contribution in [3.63, 3.8) is 0 Å². The van der Waals surface area contributed by atoms with E-state index in [2.05, 4.69) is 4.52 Å². The molecule has 1 unspecified atom stereocenters. The number of hydrogen-bond acceptors (Lipinski definition) is 3. The molecule has 0 bridgehead atoms. The minimum absolute atomic E-state index is 0. The summed E-state index contributed by atoms with van der Waals surface area (Å²) in [6, 6.07) is -2.09. The Morgan fingerprint density at radius 2 is 1.88 bits per heavy atom. The van der Waals surface area contributed by atoms with Gasteiger partial charge in [-0.1, -0.05) is 0 Å². The SMILES string of the molecule is O=C(F)C(=O)OP.[LiH]. The maximum atomic E-state index is 11.0. The summed E-state index contributed by atoms with van der Waals surface area (Å²) < 4.78 is 14.5. The molecule has 0 aromatic carbocycles. The Labute approximate surface area is 59.4 Å². The van der Waals surface area contributed by atoms with Gasteiger partial charge in [-0.2, -0.15) is 4.39 Å². The van der Waals surface area contributed by atoms with Crippen molar-refractivity contribution in [2.24, 2.45) is 0 Å². The predicted molar refractivity (Wildman–Crippen MR) is 29.1 cm³/mol. The zero-order chi connectivity index (χ0) is 5.86. The topological polar surface area (TPSA) is 43.4 Å². The molecule has 0 aliphatic rings. The Kier molecular flexibility index (Phi) is 7.18. The normalized spacial score (nSPS) is 6.75. The molecular weight excluding hydrogens is 129 g/mol. The summed E-state index contributed by atoms with van der Waals surface area (Å²) >= 11 is 0. The molecule has 0 fully saturated rings. The first-order chi connectivity index (χ1) is 3.18. The van der Waals surface area contributed by atoms with Gasteiger partial charge in [-0.15, -0.1) is 0 Å². The van der Waals surface area contributed by atoms with Crippen LogP contribution in [0.1, 0.15) is 0 Å². The van der Waals surface area contributed by atoms with Gasteiger partial charge < -0.3 is 4.52 Å². The molecule has 0 saturated carbocycles. The first-order valence-corrected chi connectivity index (χ1v) is 1.76. The van der Waals surface area contributed by atoms with E-state index in [1.54, 1.807) is 0 Å². The molecule has 0 aromatic heterocycles. The summed E-state index contributed by atoms with van der Waals surface area (Å²) in [4.78, 5) is 18.8. The molecule has 42 valence electrons. The van der Waals surface area contributed by atoms with Crippen LogP contribution in [0.3, 0.4) is 0 Å². The van der Waals surface area contributed by atoms with Gasteiger partial charge in [0.2, 0.25) is 0 Å². The third kappa shape index (κ3) is 4.26. The van der Waals surface area contributed by atoms with Crippen LogP contribution in [0.2, 0.25) is 0 Å². The van der Waals surface area contributed by atoms with E-state index in [1.165, 1.54) is 9.47 Å². The maximum absolute atomic E-state index is 11.0. The van der Waals surface area contributed by atoms with Crippen LogP contribution < -0.4 is 0 Å². The van der Waals surface area contributed by atoms with Crippen LogP contribution in [0.4, 0.5) is 4.39 Å². The van der Waals surface area contributed by atoms with Crippen molar-refractivity contribution in [1.29, 1.82) is 0 Å². The van der Waals surface area contributed by atoms with Gasteiger partial charge in [0.05, 0.1) is 9.47 Å². The monoisotopic (exact) mass is 132 g/mol. The van der Waals surface area contributed by atoms with Crippen LogP contribution >= 0.6 is 9.47 Å². The summed E-state index contributed by atoms with van der Waals surface area (Å²) in [5.41, 5.74) is 0. The van der Waals surface area contributed by atoms with E-state index < -0.39 is 12.0 Å². The number of hydrogen-bond donors (Lipinski definition) is 0. The first-order valence-electron chi connectivity index (χ1n) is 1.29. The molecule has 0 saturated heterocycles. The van der Waals surface area contributed by atoms with Gasteiger partial charge in [0.25, 0.3) is 0 Å². The minimum atomic E-state index is -2.09. The molecule has 0 aliphatic heterocycles. The average molecular weight is 132 g/mol. The molecule has 3 nitrogen and oxygen atoms in total. The molecular formula is C2H3FLiO3P. The fourth-order valence-corrected chi connectivity index (χ4v) is 0.139. The van der Waals surface area contributed by atoms with Crippen molar-refractivity contribution in [2.75, 3.05) is 0 Å². The molecule has 0 rings (SSSR count). The number of rotatable bonds is 1. The third-order valence-electron chi connectivity index (χ3n) is 0.268. The molecule has 0 radical (unpaired) electrons. The Morgan fingerprint density at radius 1 is 1.50 bits per heavy atom. The fraction of sp³-hybridized carbons (Fsp3) is 0. The second-order valence-corrected chi connectivity index (χ2v) is 0.915. The van der Waals surface area contributed by atoms with Crippen LogP contribution in [-0.2, 0) is 14.1 Å². The summed E-state index contributed by atoms with van der Waals surface area (Å²) in [5.74, 6) is -1.50. The Balaban J connectivity index is 0. The average Bonchev–Trinajstić information content (AvgIpc) is 1.65. The van der Waals surface area contributed by atoms with E-state index in [0.717, 1.165) is 0 Å². The summed E-state index contributed by atoms with van der Waals surface area (Å²) in [7, 11) is 1.45. The molecule has 1 atom stereocenters. The second kappa shape index (κ2) is 5.24. The molecule has 6 heteroatoms. The summed E-state index contributed by atoms with van der Waals surface area (Å²) in [6.07, 6.45) is 0. The summed E-state index contributed by atoms with van der Waals surface area (Å²) in [5, 5.41) is 0. The predicted octanol–water partition coefficient (Wildman–Crippen LogP) is -0.833. The molecule has 0 aromatic rings. The van der Waals surface area contributed by atoms with Crippen molar-refractivity contribution in [2.45, 2.75) is 0 Å². The van der Waals surface area contributed by atoms with E-state index >= 15 is 0 Å². The van der Waals surface area contributed by atoms with Gasteiger partial charge in [-0.25, -0.2) is 9.59 Å². The van der Waals surface area contributed by atoms with Gasteiger partial charge in [0, 0.05) is 0 Å². The Morgan fingerprint density at radius 3 is 1.88 bits per heavy atom. The van der Waals surface area contributed by atoms with Gasteiger partial charge in [0.15, 0.2) is 0 Å². The van der Waals surface area contributed by atoms with E-state index in [0.29, 0.717) is 0 Å². The van der Waals surface area contributed by atoms with Gasteiger partial charge >= 0.3 is 30.9 Å². The fourth-order valence-electron chi connectivity index (χ4n) is 0.0463. The molecule has 0 heterocycles. The van der Waals surface area contributed by atoms with Crippen LogP contribution in [0.5, 0.6) is 0 Å².